The van der Waals surface area contributed by atoms with Gasteiger partial charge in [-0.25, -0.2) is 0 Å². The Balaban J connectivity index is 5.33. The van der Waals surface area contributed by atoms with Gasteiger partial charge in [-0.05, 0) is 12.8 Å². The zero-order chi connectivity index (χ0) is 14.0. The van der Waals surface area contributed by atoms with Crippen LogP contribution in [0.4, 0.5) is 0 Å². The van der Waals surface area contributed by atoms with Gasteiger partial charge in [-0.3, -0.25) is 4.79 Å². The molecular weight excluding hydrogens is 220 g/mol. The lowest BCUT2D eigenvalue weighted by Crippen LogP contribution is -2.04. The first-order chi connectivity index (χ1) is 8.56. The highest BCUT2D eigenvalue weighted by atomic mass is 16.1. The summed E-state index contributed by atoms with van der Waals surface area (Å²) >= 11 is 0. The molecule has 0 aliphatic carbocycles. The zero-order valence-electron chi connectivity index (χ0n) is 11.5. The summed E-state index contributed by atoms with van der Waals surface area (Å²) < 4.78 is 0. The van der Waals surface area contributed by atoms with Gasteiger partial charge in [-0.15, -0.1) is 0 Å². The summed E-state index contributed by atoms with van der Waals surface area (Å²) in [4.78, 5) is 12.3. The van der Waals surface area contributed by atoms with Crippen molar-refractivity contribution in [2.24, 2.45) is 5.92 Å². The molecule has 1 heteroatoms. The van der Waals surface area contributed by atoms with Gasteiger partial charge >= 0.3 is 0 Å². The third kappa shape index (κ3) is 6.00. The van der Waals surface area contributed by atoms with Crippen LogP contribution in [0.1, 0.15) is 20.8 Å². The van der Waals surface area contributed by atoms with Crippen LogP contribution in [0.2, 0.25) is 0 Å². The molecule has 1 nitrogen and oxygen atoms in total. The monoisotopic (exact) mass is 242 g/mol. The molecule has 96 valence electrons. The molecule has 0 fully saturated rings. The maximum atomic E-state index is 12.3. The number of ketones is 1. The van der Waals surface area contributed by atoms with E-state index < -0.39 is 0 Å². The van der Waals surface area contributed by atoms with Crippen LogP contribution in [0.25, 0.3) is 0 Å². The number of hydrogen-bond acceptors (Lipinski definition) is 1. The Kier molecular flexibility index (Phi) is 8.21. The SMILES string of the molecule is C=C/C=C(\C=C)C(=O)C(/C=C\C=C/C)=C/C(C)C. The Morgan fingerprint density at radius 3 is 2.22 bits per heavy atom. The molecule has 0 amide bonds. The Morgan fingerprint density at radius 2 is 1.78 bits per heavy atom. The van der Waals surface area contributed by atoms with Crippen molar-refractivity contribution < 1.29 is 4.79 Å². The average Bonchev–Trinajstić information content (AvgIpc) is 2.33. The fraction of sp³-hybridized carbons (Fsp3) is 0.235. The molecule has 0 aromatic carbocycles. The van der Waals surface area contributed by atoms with Crippen molar-refractivity contribution in [1.29, 1.82) is 0 Å². The second kappa shape index (κ2) is 9.17. The molecule has 0 unspecified atom stereocenters. The number of hydrogen-bond donors (Lipinski definition) is 0. The van der Waals surface area contributed by atoms with Gasteiger partial charge in [0.2, 0.25) is 0 Å². The smallest absolute Gasteiger partial charge is 0.192 e. The van der Waals surface area contributed by atoms with Gasteiger partial charge in [0.05, 0.1) is 0 Å². The normalized spacial score (nSPS) is 13.6. The molecule has 0 saturated heterocycles. The molecule has 0 aromatic heterocycles. The first kappa shape index (κ1) is 16.1. The van der Waals surface area contributed by atoms with Gasteiger partial charge in [0.25, 0.3) is 0 Å². The third-order valence-corrected chi connectivity index (χ3v) is 2.13. The summed E-state index contributed by atoms with van der Waals surface area (Å²) in [5.41, 5.74) is 1.23. The van der Waals surface area contributed by atoms with Crippen LogP contribution in [-0.4, -0.2) is 5.78 Å². The molecule has 0 radical (unpaired) electrons. The van der Waals surface area contributed by atoms with E-state index >= 15 is 0 Å². The van der Waals surface area contributed by atoms with E-state index in [-0.39, 0.29) is 5.78 Å². The van der Waals surface area contributed by atoms with Gasteiger partial charge < -0.3 is 0 Å². The second-order valence-corrected chi connectivity index (χ2v) is 4.14. The molecule has 0 atom stereocenters. The van der Waals surface area contributed by atoms with Crippen LogP contribution in [0.5, 0.6) is 0 Å². The van der Waals surface area contributed by atoms with E-state index in [1.165, 1.54) is 0 Å². The summed E-state index contributed by atoms with van der Waals surface area (Å²) in [6, 6.07) is 0. The van der Waals surface area contributed by atoms with Gasteiger partial charge in [0, 0.05) is 11.1 Å². The standard InChI is InChI=1S/C17H22O/c1-6-9-10-12-16(13-14(4)5)17(18)15(8-3)11-7-2/h6-14H,2-3H2,1,4-5H3/b9-6-,12-10-,15-11+,16-13+. The van der Waals surface area contributed by atoms with E-state index in [1.54, 1.807) is 18.2 Å². The van der Waals surface area contributed by atoms with E-state index in [1.807, 2.05) is 51.2 Å². The molecule has 0 aliphatic heterocycles. The highest BCUT2D eigenvalue weighted by Gasteiger charge is 2.10. The van der Waals surface area contributed by atoms with Gasteiger partial charge in [-0.2, -0.15) is 0 Å². The van der Waals surface area contributed by atoms with Crippen molar-refractivity contribution in [2.75, 3.05) is 0 Å². The molecule has 0 bridgehead atoms. The molecule has 0 aliphatic rings. The van der Waals surface area contributed by atoms with E-state index in [0.29, 0.717) is 17.1 Å². The van der Waals surface area contributed by atoms with E-state index in [9.17, 15) is 4.79 Å². The summed E-state index contributed by atoms with van der Waals surface area (Å²) in [5, 5.41) is 0. The topological polar surface area (TPSA) is 17.1 Å². The van der Waals surface area contributed by atoms with Crippen LogP contribution < -0.4 is 0 Å². The number of allylic oxidation sites excluding steroid dienone is 10. The third-order valence-electron chi connectivity index (χ3n) is 2.13. The molecule has 0 aromatic rings. The molecule has 0 heterocycles. The Bertz CT molecular complexity index is 415. The highest BCUT2D eigenvalue weighted by molar-refractivity contribution is 6.11. The lowest BCUT2D eigenvalue weighted by molar-refractivity contribution is -0.111. The zero-order valence-corrected chi connectivity index (χ0v) is 11.5. The lowest BCUT2D eigenvalue weighted by atomic mass is 9.99. The minimum Gasteiger partial charge on any atom is -0.289 e. The van der Waals surface area contributed by atoms with Crippen molar-refractivity contribution in [1.82, 2.24) is 0 Å². The predicted molar refractivity (Wildman–Crippen MR) is 80.4 cm³/mol. The van der Waals surface area contributed by atoms with Crippen LogP contribution >= 0.6 is 0 Å². The molecule has 0 rings (SSSR count). The largest absolute Gasteiger partial charge is 0.289 e. The first-order valence-corrected chi connectivity index (χ1v) is 6.07. The van der Waals surface area contributed by atoms with Crippen molar-refractivity contribution in [3.05, 3.63) is 72.9 Å². The Labute approximate surface area is 111 Å². The predicted octanol–water partition coefficient (Wildman–Crippen LogP) is 4.57. The van der Waals surface area contributed by atoms with E-state index in [4.69, 9.17) is 0 Å². The fourth-order valence-electron chi connectivity index (χ4n) is 1.37. The minimum atomic E-state index is -0.0284. The van der Waals surface area contributed by atoms with Gasteiger partial charge in [0.15, 0.2) is 5.78 Å². The van der Waals surface area contributed by atoms with E-state index in [2.05, 4.69) is 13.2 Å². The molecule has 0 N–H and O–H groups in total. The van der Waals surface area contributed by atoms with Crippen molar-refractivity contribution in [3.63, 3.8) is 0 Å². The minimum absolute atomic E-state index is 0.0284. The lowest BCUT2D eigenvalue weighted by Gasteiger charge is -2.04. The quantitative estimate of drug-likeness (QED) is 0.472. The van der Waals surface area contributed by atoms with Crippen LogP contribution in [0, 0.1) is 5.92 Å². The van der Waals surface area contributed by atoms with Crippen LogP contribution in [0.15, 0.2) is 72.9 Å². The fourth-order valence-corrected chi connectivity index (χ4v) is 1.37. The maximum absolute atomic E-state index is 12.3. The van der Waals surface area contributed by atoms with Crippen molar-refractivity contribution in [2.45, 2.75) is 20.8 Å². The Hall–Kier alpha value is -1.89. The molecule has 18 heavy (non-hydrogen) atoms. The van der Waals surface area contributed by atoms with Gasteiger partial charge in [-0.1, -0.05) is 75.6 Å². The number of carbonyl (C=O) groups excluding carboxylic acids is 1. The van der Waals surface area contributed by atoms with Crippen molar-refractivity contribution in [3.8, 4) is 0 Å². The van der Waals surface area contributed by atoms with Gasteiger partial charge in [0.1, 0.15) is 0 Å². The molecule has 0 spiro atoms. The summed E-state index contributed by atoms with van der Waals surface area (Å²) in [6.07, 6.45) is 14.3. The number of rotatable bonds is 7. The second-order valence-electron chi connectivity index (χ2n) is 4.14. The van der Waals surface area contributed by atoms with Crippen LogP contribution in [0.3, 0.4) is 0 Å². The number of carbonyl (C=O) groups is 1. The Morgan fingerprint density at radius 1 is 1.11 bits per heavy atom. The average molecular weight is 242 g/mol. The highest BCUT2D eigenvalue weighted by Crippen LogP contribution is 2.12. The van der Waals surface area contributed by atoms with Crippen molar-refractivity contribution >= 4 is 5.78 Å². The maximum Gasteiger partial charge on any atom is 0.192 e. The molecular formula is C17H22O. The summed E-state index contributed by atoms with van der Waals surface area (Å²) in [6.45, 7) is 13.3. The van der Waals surface area contributed by atoms with Crippen LogP contribution in [-0.2, 0) is 4.79 Å². The number of Topliss-reactive ketones (excluding diaryl/α,β-unsaturated/α-hetero) is 1. The summed E-state index contributed by atoms with van der Waals surface area (Å²) in [5.74, 6) is 0.286. The van der Waals surface area contributed by atoms with E-state index in [0.717, 1.165) is 0 Å². The summed E-state index contributed by atoms with van der Waals surface area (Å²) in [7, 11) is 0. The first-order valence-electron chi connectivity index (χ1n) is 6.07. The molecule has 0 saturated carbocycles.